The standard InChI is InChI=1S/C22H27N5O2/c1-14-8-15(2)10-18(9-14)27-21-19(11-24-27)22(29)25(13-23-21)12-20(28)26-16(3)6-5-7-17(26)4/h8-11,13,16-17H,5-7,12H2,1-4H3. The van der Waals surface area contributed by atoms with Crippen molar-refractivity contribution in [1.29, 1.82) is 0 Å². The van der Waals surface area contributed by atoms with Crippen molar-refractivity contribution in [1.82, 2.24) is 24.2 Å². The molecule has 2 aromatic heterocycles. The molecule has 1 aliphatic heterocycles. The van der Waals surface area contributed by atoms with Gasteiger partial charge < -0.3 is 4.90 Å². The van der Waals surface area contributed by atoms with Gasteiger partial charge in [-0.3, -0.25) is 14.2 Å². The number of benzene rings is 1. The summed E-state index contributed by atoms with van der Waals surface area (Å²) in [4.78, 5) is 32.3. The van der Waals surface area contributed by atoms with Gasteiger partial charge in [-0.25, -0.2) is 9.67 Å². The van der Waals surface area contributed by atoms with Crippen LogP contribution in [-0.2, 0) is 11.3 Å². The van der Waals surface area contributed by atoms with Crippen molar-refractivity contribution in [2.75, 3.05) is 0 Å². The largest absolute Gasteiger partial charge is 0.336 e. The zero-order valence-electron chi connectivity index (χ0n) is 17.4. The highest BCUT2D eigenvalue weighted by Crippen LogP contribution is 2.23. The van der Waals surface area contributed by atoms with Crippen LogP contribution in [0.1, 0.15) is 44.2 Å². The van der Waals surface area contributed by atoms with Crippen molar-refractivity contribution in [3.05, 3.63) is 52.2 Å². The molecule has 2 unspecified atom stereocenters. The van der Waals surface area contributed by atoms with E-state index >= 15 is 0 Å². The summed E-state index contributed by atoms with van der Waals surface area (Å²) in [6.07, 6.45) is 6.14. The van der Waals surface area contributed by atoms with Gasteiger partial charge in [0.1, 0.15) is 18.3 Å². The van der Waals surface area contributed by atoms with Crippen LogP contribution in [0.3, 0.4) is 0 Å². The minimum absolute atomic E-state index is 0.00515. The summed E-state index contributed by atoms with van der Waals surface area (Å²) in [7, 11) is 0. The predicted octanol–water partition coefficient (Wildman–Crippen LogP) is 2.99. The van der Waals surface area contributed by atoms with Crippen LogP contribution in [0.15, 0.2) is 35.5 Å². The fraction of sp³-hybridized carbons (Fsp3) is 0.455. The molecule has 0 aliphatic carbocycles. The molecular weight excluding hydrogens is 366 g/mol. The molecule has 1 aromatic carbocycles. The molecule has 0 spiro atoms. The van der Waals surface area contributed by atoms with E-state index in [0.717, 1.165) is 36.1 Å². The summed E-state index contributed by atoms with van der Waals surface area (Å²) in [6, 6.07) is 6.51. The van der Waals surface area contributed by atoms with E-state index < -0.39 is 0 Å². The molecule has 1 aliphatic rings. The second-order valence-corrected chi connectivity index (χ2v) is 8.25. The third-order valence-electron chi connectivity index (χ3n) is 5.79. The van der Waals surface area contributed by atoms with Crippen molar-refractivity contribution in [3.8, 4) is 5.69 Å². The van der Waals surface area contributed by atoms with E-state index in [4.69, 9.17) is 0 Å². The molecule has 2 atom stereocenters. The highest BCUT2D eigenvalue weighted by Gasteiger charge is 2.29. The Hall–Kier alpha value is -2.96. The van der Waals surface area contributed by atoms with Crippen molar-refractivity contribution < 1.29 is 4.79 Å². The number of piperidine rings is 1. The molecule has 1 saturated heterocycles. The Kier molecular flexibility index (Phi) is 4.98. The van der Waals surface area contributed by atoms with Gasteiger partial charge in [0.05, 0.1) is 11.9 Å². The Labute approximate surface area is 170 Å². The SMILES string of the molecule is Cc1cc(C)cc(-n2ncc3c(=O)n(CC(=O)N4C(C)CCCC4C)cnc32)c1. The van der Waals surface area contributed by atoms with Gasteiger partial charge in [-0.1, -0.05) is 6.07 Å². The second-order valence-electron chi connectivity index (χ2n) is 8.25. The Morgan fingerprint density at radius 1 is 1.10 bits per heavy atom. The normalized spacial score (nSPS) is 19.7. The lowest BCUT2D eigenvalue weighted by Crippen LogP contribution is -2.49. The lowest BCUT2D eigenvalue weighted by molar-refractivity contribution is -0.138. The van der Waals surface area contributed by atoms with Crippen LogP contribution in [0.25, 0.3) is 16.7 Å². The second kappa shape index (κ2) is 7.46. The first-order chi connectivity index (χ1) is 13.8. The van der Waals surface area contributed by atoms with Gasteiger partial charge >= 0.3 is 0 Å². The lowest BCUT2D eigenvalue weighted by atomic mass is 9.97. The van der Waals surface area contributed by atoms with Crippen LogP contribution < -0.4 is 5.56 Å². The molecule has 1 amide bonds. The number of carbonyl (C=O) groups excluding carboxylic acids is 1. The van der Waals surface area contributed by atoms with E-state index in [1.54, 1.807) is 4.68 Å². The highest BCUT2D eigenvalue weighted by molar-refractivity contribution is 5.78. The van der Waals surface area contributed by atoms with Gasteiger partial charge in [-0.2, -0.15) is 5.10 Å². The quantitative estimate of drug-likeness (QED) is 0.686. The summed E-state index contributed by atoms with van der Waals surface area (Å²) >= 11 is 0. The molecule has 4 rings (SSSR count). The van der Waals surface area contributed by atoms with Gasteiger partial charge in [0.15, 0.2) is 5.65 Å². The third kappa shape index (κ3) is 3.57. The van der Waals surface area contributed by atoms with Crippen LogP contribution in [-0.4, -0.2) is 42.2 Å². The number of fused-ring (bicyclic) bond motifs is 1. The number of aryl methyl sites for hydroxylation is 2. The number of likely N-dealkylation sites (tertiary alicyclic amines) is 1. The molecule has 3 aromatic rings. The number of hydrogen-bond donors (Lipinski definition) is 0. The Morgan fingerprint density at radius 3 is 2.41 bits per heavy atom. The predicted molar refractivity (Wildman–Crippen MR) is 112 cm³/mol. The molecule has 0 saturated carbocycles. The first-order valence-electron chi connectivity index (χ1n) is 10.2. The molecule has 0 N–H and O–H groups in total. The van der Waals surface area contributed by atoms with E-state index in [0.29, 0.717) is 11.0 Å². The molecule has 7 heteroatoms. The van der Waals surface area contributed by atoms with E-state index in [1.165, 1.54) is 17.1 Å². The van der Waals surface area contributed by atoms with E-state index in [9.17, 15) is 9.59 Å². The van der Waals surface area contributed by atoms with Crippen LogP contribution in [0.2, 0.25) is 0 Å². The average molecular weight is 393 g/mol. The van der Waals surface area contributed by atoms with E-state index in [2.05, 4.69) is 30.0 Å². The monoisotopic (exact) mass is 393 g/mol. The molecule has 0 radical (unpaired) electrons. The molecular formula is C22H27N5O2. The first-order valence-corrected chi connectivity index (χ1v) is 10.2. The van der Waals surface area contributed by atoms with Crippen molar-refractivity contribution in [3.63, 3.8) is 0 Å². The van der Waals surface area contributed by atoms with E-state index in [1.807, 2.05) is 30.9 Å². The van der Waals surface area contributed by atoms with Gasteiger partial charge in [0, 0.05) is 12.1 Å². The fourth-order valence-electron chi connectivity index (χ4n) is 4.46. The minimum Gasteiger partial charge on any atom is -0.336 e. The number of aromatic nitrogens is 4. The summed E-state index contributed by atoms with van der Waals surface area (Å²) in [5.41, 5.74) is 3.37. The van der Waals surface area contributed by atoms with Crippen LogP contribution in [0, 0.1) is 13.8 Å². The molecule has 1 fully saturated rings. The van der Waals surface area contributed by atoms with Crippen LogP contribution >= 0.6 is 0 Å². The number of carbonyl (C=O) groups is 1. The van der Waals surface area contributed by atoms with Gasteiger partial charge in [0.25, 0.3) is 5.56 Å². The Morgan fingerprint density at radius 2 is 1.76 bits per heavy atom. The molecule has 29 heavy (non-hydrogen) atoms. The zero-order chi connectivity index (χ0) is 20.7. The molecule has 152 valence electrons. The maximum atomic E-state index is 13.0. The summed E-state index contributed by atoms with van der Waals surface area (Å²) in [6.45, 7) is 8.20. The van der Waals surface area contributed by atoms with Crippen molar-refractivity contribution in [2.24, 2.45) is 0 Å². The zero-order valence-corrected chi connectivity index (χ0v) is 17.4. The van der Waals surface area contributed by atoms with Gasteiger partial charge in [0.2, 0.25) is 5.91 Å². The molecule has 0 bridgehead atoms. The van der Waals surface area contributed by atoms with Crippen LogP contribution in [0.4, 0.5) is 0 Å². The average Bonchev–Trinajstić information content (AvgIpc) is 3.08. The van der Waals surface area contributed by atoms with Crippen molar-refractivity contribution >= 4 is 16.9 Å². The Bertz CT molecular complexity index is 1100. The topological polar surface area (TPSA) is 73.0 Å². The maximum Gasteiger partial charge on any atom is 0.264 e. The smallest absolute Gasteiger partial charge is 0.264 e. The molecule has 3 heterocycles. The number of nitrogens with zero attached hydrogens (tertiary/aromatic N) is 5. The first kappa shape index (κ1) is 19.4. The van der Waals surface area contributed by atoms with E-state index in [-0.39, 0.29) is 30.1 Å². The van der Waals surface area contributed by atoms with Crippen LogP contribution in [0.5, 0.6) is 0 Å². The summed E-state index contributed by atoms with van der Waals surface area (Å²) in [5.74, 6) is -0.0327. The van der Waals surface area contributed by atoms with Gasteiger partial charge in [-0.15, -0.1) is 0 Å². The highest BCUT2D eigenvalue weighted by atomic mass is 16.2. The Balaban J connectivity index is 1.67. The lowest BCUT2D eigenvalue weighted by Gasteiger charge is -2.39. The van der Waals surface area contributed by atoms with Gasteiger partial charge in [-0.05, 0) is 70.2 Å². The van der Waals surface area contributed by atoms with Crippen molar-refractivity contribution in [2.45, 2.75) is 65.6 Å². The maximum absolute atomic E-state index is 13.0. The third-order valence-corrected chi connectivity index (χ3v) is 5.79. The number of hydrogen-bond acceptors (Lipinski definition) is 4. The molecule has 7 nitrogen and oxygen atoms in total. The summed E-state index contributed by atoms with van der Waals surface area (Å²) < 4.78 is 3.07. The fourth-order valence-corrected chi connectivity index (χ4v) is 4.46. The number of rotatable bonds is 3. The number of amides is 1. The summed E-state index contributed by atoms with van der Waals surface area (Å²) in [5, 5.41) is 4.80. The minimum atomic E-state index is -0.240.